The monoisotopic (exact) mass is 478 g/mol. The number of carbonyl (C=O) groups excluding carboxylic acids is 1. The highest BCUT2D eigenvalue weighted by Gasteiger charge is 2.54. The van der Waals surface area contributed by atoms with Crippen LogP contribution in [0.5, 0.6) is 0 Å². The fraction of sp³-hybridized carbons (Fsp3) is 0.629. The molecule has 36 heavy (non-hydrogen) atoms. The third kappa shape index (κ3) is 3.23. The quantitative estimate of drug-likeness (QED) is 0.426. The molecule has 1 heteroatoms. The zero-order chi connectivity index (χ0) is 23.8. The number of fused-ring (bicyclic) bond motifs is 10. The van der Waals surface area contributed by atoms with Crippen LogP contribution in [0.25, 0.3) is 0 Å². The van der Waals surface area contributed by atoms with Crippen molar-refractivity contribution in [3.63, 3.8) is 0 Å². The van der Waals surface area contributed by atoms with Gasteiger partial charge in [0.2, 0.25) is 0 Å². The van der Waals surface area contributed by atoms with E-state index in [1.807, 2.05) is 0 Å². The van der Waals surface area contributed by atoms with E-state index in [1.54, 1.807) is 22.3 Å². The fourth-order valence-electron chi connectivity index (χ4n) is 11.3. The third-order valence-corrected chi connectivity index (χ3v) is 12.6. The average Bonchev–Trinajstić information content (AvgIpc) is 3.57. The molecule has 188 valence electrons. The van der Waals surface area contributed by atoms with Crippen molar-refractivity contribution < 1.29 is 4.79 Å². The summed E-state index contributed by atoms with van der Waals surface area (Å²) in [6, 6.07) is 18.5. The first-order chi connectivity index (χ1) is 17.8. The van der Waals surface area contributed by atoms with Crippen LogP contribution in [0, 0.1) is 47.3 Å². The summed E-state index contributed by atoms with van der Waals surface area (Å²) in [4.78, 5) is 14.3. The molecule has 0 spiro atoms. The topological polar surface area (TPSA) is 17.1 Å². The summed E-state index contributed by atoms with van der Waals surface area (Å²) >= 11 is 0. The molecule has 4 saturated carbocycles. The van der Waals surface area contributed by atoms with Gasteiger partial charge in [-0.1, -0.05) is 48.5 Å². The number of hydrogen-bond donors (Lipinski definition) is 0. The molecule has 0 amide bonds. The molecule has 0 aromatic heterocycles. The number of carbonyl (C=O) groups is 1. The molecule has 4 fully saturated rings. The predicted molar refractivity (Wildman–Crippen MR) is 145 cm³/mol. The zero-order valence-corrected chi connectivity index (χ0v) is 21.8. The Hall–Kier alpha value is -1.89. The molecule has 2 aromatic carbocycles. The van der Waals surface area contributed by atoms with Crippen LogP contribution < -0.4 is 0 Å². The van der Waals surface area contributed by atoms with Gasteiger partial charge in [-0.05, 0) is 147 Å². The van der Waals surface area contributed by atoms with Crippen LogP contribution >= 0.6 is 0 Å². The van der Waals surface area contributed by atoms with Gasteiger partial charge >= 0.3 is 0 Å². The Bertz CT molecular complexity index is 1070. The smallest absolute Gasteiger partial charge is 0.139 e. The summed E-state index contributed by atoms with van der Waals surface area (Å²) in [5, 5.41) is 0. The number of benzene rings is 2. The van der Waals surface area contributed by atoms with Crippen LogP contribution in [0.4, 0.5) is 0 Å². The van der Waals surface area contributed by atoms with Crippen LogP contribution in [-0.4, -0.2) is 5.78 Å². The number of rotatable bonds is 2. The molecule has 6 aliphatic rings. The Kier molecular flexibility index (Phi) is 5.27. The van der Waals surface area contributed by atoms with Crippen LogP contribution in [0.1, 0.15) is 98.3 Å². The minimum absolute atomic E-state index is 0.390. The lowest BCUT2D eigenvalue weighted by Crippen LogP contribution is -2.40. The van der Waals surface area contributed by atoms with Gasteiger partial charge in [-0.2, -0.15) is 0 Å². The molecule has 0 aliphatic heterocycles. The molecule has 0 heterocycles. The summed E-state index contributed by atoms with van der Waals surface area (Å²) in [6.45, 7) is 0. The Morgan fingerprint density at radius 1 is 0.472 bits per heavy atom. The van der Waals surface area contributed by atoms with Crippen molar-refractivity contribution in [3.05, 3.63) is 70.8 Å². The van der Waals surface area contributed by atoms with Crippen molar-refractivity contribution in [1.82, 2.24) is 0 Å². The lowest BCUT2D eigenvalue weighted by atomic mass is 9.58. The van der Waals surface area contributed by atoms with E-state index in [1.165, 1.54) is 77.0 Å². The maximum atomic E-state index is 14.3. The highest BCUT2D eigenvalue weighted by Crippen LogP contribution is 2.60. The van der Waals surface area contributed by atoms with Crippen LogP contribution in [0.15, 0.2) is 48.5 Å². The standard InChI is InChI=1S/C35H42O/c36-35(33-19-17-29-27-11-9-21-5-1-3-7-23(21)25(27)13-15-31(29)33)34-20-18-30-28-12-10-22-6-2-4-8-24(22)26(28)14-16-32(30)34/h1-8,25-34H,9-20H2/t25-,26-,27-,28-,29+,30+,31+,32+,33?,34?/m1/s1. The fourth-order valence-corrected chi connectivity index (χ4v) is 11.3. The molecule has 2 aromatic rings. The Morgan fingerprint density at radius 3 is 1.42 bits per heavy atom. The van der Waals surface area contributed by atoms with Gasteiger partial charge in [-0.25, -0.2) is 0 Å². The van der Waals surface area contributed by atoms with Crippen molar-refractivity contribution in [3.8, 4) is 0 Å². The largest absolute Gasteiger partial charge is 0.299 e. The summed E-state index contributed by atoms with van der Waals surface area (Å²) in [5.74, 6) is 7.75. The Morgan fingerprint density at radius 2 is 0.917 bits per heavy atom. The molecule has 10 atom stereocenters. The molecule has 0 saturated heterocycles. The molecule has 2 unspecified atom stereocenters. The third-order valence-electron chi connectivity index (χ3n) is 12.6. The van der Waals surface area contributed by atoms with E-state index in [0.29, 0.717) is 23.7 Å². The normalized spacial score (nSPS) is 42.3. The van der Waals surface area contributed by atoms with Gasteiger partial charge in [-0.3, -0.25) is 4.79 Å². The molecule has 0 radical (unpaired) electrons. The van der Waals surface area contributed by atoms with Gasteiger partial charge in [-0.15, -0.1) is 0 Å². The van der Waals surface area contributed by atoms with Gasteiger partial charge in [0.15, 0.2) is 0 Å². The van der Waals surface area contributed by atoms with Crippen LogP contribution in [-0.2, 0) is 17.6 Å². The average molecular weight is 479 g/mol. The van der Waals surface area contributed by atoms with Crippen LogP contribution in [0.2, 0.25) is 0 Å². The van der Waals surface area contributed by atoms with E-state index in [-0.39, 0.29) is 0 Å². The Balaban J connectivity index is 0.993. The predicted octanol–water partition coefficient (Wildman–Crippen LogP) is 8.12. The number of hydrogen-bond acceptors (Lipinski definition) is 1. The number of ketones is 1. The van der Waals surface area contributed by atoms with Crippen LogP contribution in [0.3, 0.4) is 0 Å². The van der Waals surface area contributed by atoms with E-state index < -0.39 is 0 Å². The molecule has 0 N–H and O–H groups in total. The highest BCUT2D eigenvalue weighted by atomic mass is 16.1. The highest BCUT2D eigenvalue weighted by molar-refractivity contribution is 5.84. The first-order valence-electron chi connectivity index (χ1n) is 15.5. The molecule has 0 bridgehead atoms. The Labute approximate surface area is 217 Å². The second-order valence-electron chi connectivity index (χ2n) is 13.6. The van der Waals surface area contributed by atoms with E-state index in [9.17, 15) is 4.79 Å². The summed E-state index contributed by atoms with van der Waals surface area (Å²) in [7, 11) is 0. The first-order valence-corrected chi connectivity index (χ1v) is 15.5. The van der Waals surface area contributed by atoms with E-state index in [0.717, 1.165) is 41.3 Å². The zero-order valence-electron chi connectivity index (χ0n) is 21.8. The van der Waals surface area contributed by atoms with E-state index >= 15 is 0 Å². The van der Waals surface area contributed by atoms with Crippen molar-refractivity contribution >= 4 is 5.78 Å². The van der Waals surface area contributed by atoms with Gasteiger partial charge in [0.25, 0.3) is 0 Å². The number of aryl methyl sites for hydroxylation is 2. The maximum absolute atomic E-state index is 14.3. The van der Waals surface area contributed by atoms with E-state index in [2.05, 4.69) is 48.5 Å². The molecular weight excluding hydrogens is 436 g/mol. The van der Waals surface area contributed by atoms with Gasteiger partial charge in [0, 0.05) is 11.8 Å². The van der Waals surface area contributed by atoms with Gasteiger partial charge < -0.3 is 0 Å². The number of Topliss-reactive ketones (excluding diaryl/α,β-unsaturated/α-hetero) is 1. The van der Waals surface area contributed by atoms with Crippen molar-refractivity contribution in [2.24, 2.45) is 47.3 Å². The second kappa shape index (κ2) is 8.57. The lowest BCUT2D eigenvalue weighted by Gasteiger charge is -2.46. The summed E-state index contributed by atoms with van der Waals surface area (Å²) in [6.07, 6.45) is 15.6. The molecule has 6 aliphatic carbocycles. The minimum Gasteiger partial charge on any atom is -0.299 e. The van der Waals surface area contributed by atoms with Gasteiger partial charge in [0.05, 0.1) is 0 Å². The maximum Gasteiger partial charge on any atom is 0.139 e. The van der Waals surface area contributed by atoms with Crippen molar-refractivity contribution in [2.75, 3.05) is 0 Å². The first kappa shape index (κ1) is 22.1. The van der Waals surface area contributed by atoms with E-state index in [4.69, 9.17) is 0 Å². The molecule has 8 rings (SSSR count). The SMILES string of the molecule is O=C(C1CC[C@H]2[C@@H]3CCc4ccccc4[C@H]3CC[C@H]12)C1CC[C@H]2[C@@H]3CCc4ccccc4[C@H]3CC[C@H]12. The summed E-state index contributed by atoms with van der Waals surface area (Å²) in [5.41, 5.74) is 6.54. The molecule has 1 nitrogen and oxygen atoms in total. The minimum atomic E-state index is 0.390. The van der Waals surface area contributed by atoms with Gasteiger partial charge in [0.1, 0.15) is 5.78 Å². The van der Waals surface area contributed by atoms with Crippen molar-refractivity contribution in [1.29, 1.82) is 0 Å². The second-order valence-corrected chi connectivity index (χ2v) is 13.6. The molecular formula is C35H42O. The van der Waals surface area contributed by atoms with Crippen molar-refractivity contribution in [2.45, 2.75) is 88.9 Å². The summed E-state index contributed by atoms with van der Waals surface area (Å²) < 4.78 is 0. The lowest BCUT2D eigenvalue weighted by molar-refractivity contribution is -0.130.